The van der Waals surface area contributed by atoms with Crippen LogP contribution in [0, 0.1) is 0 Å². The van der Waals surface area contributed by atoms with Gasteiger partial charge in [-0.15, -0.1) is 0 Å². The lowest BCUT2D eigenvalue weighted by Gasteiger charge is -2.14. The number of nitrogens with one attached hydrogen (secondary N) is 1. The van der Waals surface area contributed by atoms with E-state index in [1.165, 1.54) is 11.1 Å². The maximum absolute atomic E-state index is 3.55. The molecule has 0 aliphatic heterocycles. The average molecular weight is 277 g/mol. The Bertz CT molecular complexity index is 516. The van der Waals surface area contributed by atoms with Crippen molar-refractivity contribution in [1.82, 2.24) is 5.32 Å². The topological polar surface area (TPSA) is 12.0 Å². The molecule has 0 aromatic heterocycles. The molecule has 0 bridgehead atoms. The van der Waals surface area contributed by atoms with Gasteiger partial charge in [-0.25, -0.2) is 0 Å². The lowest BCUT2D eigenvalue weighted by atomic mass is 10.1. The average Bonchev–Trinajstić information content (AvgIpc) is 2.53. The van der Waals surface area contributed by atoms with Crippen molar-refractivity contribution in [3.05, 3.63) is 83.9 Å². The molecule has 2 aromatic rings. The van der Waals surface area contributed by atoms with Crippen LogP contribution >= 0.6 is 0 Å². The van der Waals surface area contributed by atoms with Gasteiger partial charge < -0.3 is 5.32 Å². The van der Waals surface area contributed by atoms with Crippen molar-refractivity contribution in [2.75, 3.05) is 0 Å². The van der Waals surface area contributed by atoms with Crippen LogP contribution in [-0.2, 0) is 0 Å². The molecule has 0 fully saturated rings. The molecule has 2 rings (SSSR count). The van der Waals surface area contributed by atoms with E-state index >= 15 is 0 Å². The highest BCUT2D eigenvalue weighted by Gasteiger charge is 2.00. The number of rotatable bonds is 6. The second kappa shape index (κ2) is 8.23. The molecular weight excluding hydrogens is 254 g/mol. The minimum atomic E-state index is 0.334. The van der Waals surface area contributed by atoms with Crippen LogP contribution in [0.1, 0.15) is 25.0 Å². The molecule has 2 atom stereocenters. The molecule has 1 N–H and O–H groups in total. The number of hydrogen-bond donors (Lipinski definition) is 1. The smallest absolute Gasteiger partial charge is 0.0230 e. The van der Waals surface area contributed by atoms with E-state index in [0.717, 1.165) is 0 Å². The molecule has 0 saturated heterocycles. The first kappa shape index (κ1) is 15.3. The third-order valence-corrected chi connectivity index (χ3v) is 3.28. The van der Waals surface area contributed by atoms with Gasteiger partial charge in [0.05, 0.1) is 0 Å². The molecular formula is C20H23N. The van der Waals surface area contributed by atoms with E-state index in [9.17, 15) is 0 Å². The summed E-state index contributed by atoms with van der Waals surface area (Å²) in [6.07, 6.45) is 8.71. The van der Waals surface area contributed by atoms with E-state index in [1.807, 2.05) is 12.1 Å². The van der Waals surface area contributed by atoms with E-state index in [0.29, 0.717) is 12.1 Å². The van der Waals surface area contributed by atoms with Crippen molar-refractivity contribution < 1.29 is 0 Å². The zero-order chi connectivity index (χ0) is 14.9. The van der Waals surface area contributed by atoms with Crippen LogP contribution < -0.4 is 5.32 Å². The normalized spacial score (nSPS) is 14.6. The third-order valence-electron chi connectivity index (χ3n) is 3.28. The number of benzene rings is 2. The molecule has 0 aliphatic carbocycles. The maximum atomic E-state index is 3.55. The predicted octanol–water partition coefficient (Wildman–Crippen LogP) is 4.78. The van der Waals surface area contributed by atoms with E-state index in [1.54, 1.807) is 0 Å². The summed E-state index contributed by atoms with van der Waals surface area (Å²) >= 11 is 0. The van der Waals surface area contributed by atoms with Crippen molar-refractivity contribution in [3.63, 3.8) is 0 Å². The van der Waals surface area contributed by atoms with Crippen LogP contribution in [0.3, 0.4) is 0 Å². The van der Waals surface area contributed by atoms with Gasteiger partial charge in [-0.2, -0.15) is 0 Å². The Hall–Kier alpha value is -2.12. The van der Waals surface area contributed by atoms with Crippen molar-refractivity contribution in [1.29, 1.82) is 0 Å². The lowest BCUT2D eigenvalue weighted by molar-refractivity contribution is 0.588. The van der Waals surface area contributed by atoms with E-state index in [2.05, 4.69) is 92.0 Å². The van der Waals surface area contributed by atoms with Crippen molar-refractivity contribution >= 4 is 12.2 Å². The fourth-order valence-corrected chi connectivity index (χ4v) is 2.16. The molecule has 0 saturated carbocycles. The van der Waals surface area contributed by atoms with Gasteiger partial charge in [-0.05, 0) is 25.0 Å². The first-order valence-electron chi connectivity index (χ1n) is 7.46. The second-order valence-electron chi connectivity index (χ2n) is 5.28. The van der Waals surface area contributed by atoms with E-state index < -0.39 is 0 Å². The molecule has 21 heavy (non-hydrogen) atoms. The molecule has 0 radical (unpaired) electrons. The maximum Gasteiger partial charge on any atom is 0.0230 e. The lowest BCUT2D eigenvalue weighted by Crippen LogP contribution is -2.31. The SMILES string of the molecule is CC(C=Cc1ccccc1)NC(C)C=Cc1ccccc1. The molecule has 108 valence electrons. The fraction of sp³-hybridized carbons (Fsp3) is 0.200. The van der Waals surface area contributed by atoms with Gasteiger partial charge in [0, 0.05) is 12.1 Å². The quantitative estimate of drug-likeness (QED) is 0.801. The molecule has 1 heteroatoms. The zero-order valence-corrected chi connectivity index (χ0v) is 12.7. The minimum absolute atomic E-state index is 0.334. The van der Waals surface area contributed by atoms with Crippen LogP contribution in [0.4, 0.5) is 0 Å². The molecule has 2 unspecified atom stereocenters. The Morgan fingerprint density at radius 3 is 1.43 bits per heavy atom. The largest absolute Gasteiger partial charge is 0.305 e. The van der Waals surface area contributed by atoms with Gasteiger partial charge in [0.1, 0.15) is 0 Å². The van der Waals surface area contributed by atoms with Crippen LogP contribution in [0.2, 0.25) is 0 Å². The highest BCUT2D eigenvalue weighted by atomic mass is 14.9. The summed E-state index contributed by atoms with van der Waals surface area (Å²) in [5.74, 6) is 0. The van der Waals surface area contributed by atoms with Crippen LogP contribution in [0.5, 0.6) is 0 Å². The van der Waals surface area contributed by atoms with Crippen LogP contribution in [0.15, 0.2) is 72.8 Å². The van der Waals surface area contributed by atoms with Crippen molar-refractivity contribution in [2.45, 2.75) is 25.9 Å². The summed E-state index contributed by atoms with van der Waals surface area (Å²) in [5, 5.41) is 3.55. The standard InChI is InChI=1S/C20H23N/c1-17(13-15-19-9-5-3-6-10-19)21-18(2)14-16-20-11-7-4-8-12-20/h3-18,21H,1-2H3. The Kier molecular flexibility index (Phi) is 5.99. The molecule has 0 spiro atoms. The Labute approximate surface area is 128 Å². The summed E-state index contributed by atoms with van der Waals surface area (Å²) in [6.45, 7) is 4.35. The van der Waals surface area contributed by atoms with Crippen LogP contribution in [0.25, 0.3) is 12.2 Å². The molecule has 2 aromatic carbocycles. The van der Waals surface area contributed by atoms with Gasteiger partial charge in [-0.1, -0.05) is 85.0 Å². The predicted molar refractivity (Wildman–Crippen MR) is 93.0 cm³/mol. The fourth-order valence-electron chi connectivity index (χ4n) is 2.16. The van der Waals surface area contributed by atoms with Crippen LogP contribution in [-0.4, -0.2) is 12.1 Å². The Balaban J connectivity index is 1.83. The highest BCUT2D eigenvalue weighted by Crippen LogP contribution is 2.04. The van der Waals surface area contributed by atoms with Gasteiger partial charge in [-0.3, -0.25) is 0 Å². The zero-order valence-electron chi connectivity index (χ0n) is 12.7. The molecule has 0 heterocycles. The molecule has 0 amide bonds. The van der Waals surface area contributed by atoms with Crippen molar-refractivity contribution in [2.24, 2.45) is 0 Å². The van der Waals surface area contributed by atoms with Gasteiger partial charge >= 0.3 is 0 Å². The monoisotopic (exact) mass is 277 g/mol. The van der Waals surface area contributed by atoms with Crippen molar-refractivity contribution in [3.8, 4) is 0 Å². The Morgan fingerprint density at radius 1 is 0.667 bits per heavy atom. The highest BCUT2D eigenvalue weighted by molar-refractivity contribution is 5.50. The van der Waals surface area contributed by atoms with Gasteiger partial charge in [0.25, 0.3) is 0 Å². The summed E-state index contributed by atoms with van der Waals surface area (Å²) in [6, 6.07) is 21.4. The summed E-state index contributed by atoms with van der Waals surface area (Å²) < 4.78 is 0. The molecule has 1 nitrogen and oxygen atoms in total. The van der Waals surface area contributed by atoms with Gasteiger partial charge in [0.2, 0.25) is 0 Å². The first-order chi connectivity index (χ1) is 10.2. The first-order valence-corrected chi connectivity index (χ1v) is 7.46. The summed E-state index contributed by atoms with van der Waals surface area (Å²) in [5.41, 5.74) is 2.47. The summed E-state index contributed by atoms with van der Waals surface area (Å²) in [7, 11) is 0. The van der Waals surface area contributed by atoms with Gasteiger partial charge in [0.15, 0.2) is 0 Å². The second-order valence-corrected chi connectivity index (χ2v) is 5.28. The molecule has 0 aliphatic rings. The Morgan fingerprint density at radius 2 is 1.05 bits per heavy atom. The van der Waals surface area contributed by atoms with E-state index in [4.69, 9.17) is 0 Å². The minimum Gasteiger partial charge on any atom is -0.305 e. The number of hydrogen-bond acceptors (Lipinski definition) is 1. The summed E-state index contributed by atoms with van der Waals surface area (Å²) in [4.78, 5) is 0. The third kappa shape index (κ3) is 5.80. The van der Waals surface area contributed by atoms with E-state index in [-0.39, 0.29) is 0 Å².